The van der Waals surface area contributed by atoms with Gasteiger partial charge < -0.3 is 20.7 Å². The maximum Gasteiger partial charge on any atom is 0.317 e. The summed E-state index contributed by atoms with van der Waals surface area (Å²) in [7, 11) is 1.65. The van der Waals surface area contributed by atoms with E-state index in [0.717, 1.165) is 12.3 Å². The number of nitrogens with two attached hydrogens (primary N) is 1. The van der Waals surface area contributed by atoms with Crippen molar-refractivity contribution in [2.75, 3.05) is 33.3 Å². The van der Waals surface area contributed by atoms with Crippen LogP contribution in [0.3, 0.4) is 0 Å². The Bertz CT molecular complexity index is 405. The summed E-state index contributed by atoms with van der Waals surface area (Å²) in [5.74, 6) is 1.15. The molecule has 1 fully saturated rings. The summed E-state index contributed by atoms with van der Waals surface area (Å²) in [5, 5.41) is 2.89. The molecule has 0 radical (unpaired) electrons. The summed E-state index contributed by atoms with van der Waals surface area (Å²) in [4.78, 5) is 13.4. The second kappa shape index (κ2) is 5.73. The first kappa shape index (κ1) is 12.7. The summed E-state index contributed by atoms with van der Waals surface area (Å²) < 4.78 is 5.14. The van der Waals surface area contributed by atoms with Crippen LogP contribution in [0.5, 0.6) is 5.75 Å². The molecule has 1 aromatic carbocycles. The van der Waals surface area contributed by atoms with Crippen LogP contribution in [0.15, 0.2) is 24.3 Å². The minimum absolute atomic E-state index is 0.0230. The smallest absolute Gasteiger partial charge is 0.317 e. The number of rotatable bonds is 4. The molecule has 1 aromatic rings. The average molecular weight is 249 g/mol. The number of carbonyl (C=O) groups is 1. The predicted molar refractivity (Wildman–Crippen MR) is 69.8 cm³/mol. The molecule has 2 rings (SSSR count). The van der Waals surface area contributed by atoms with Gasteiger partial charge in [-0.25, -0.2) is 4.79 Å². The molecular formula is C13H19N3O2. The van der Waals surface area contributed by atoms with E-state index < -0.39 is 0 Å². The molecule has 1 aliphatic heterocycles. The standard InChI is InChI=1S/C13H19N3O2/c1-18-12-4-2-10(3-5-12)11-8-15-13(17)16(9-11)7-6-14/h2-5,11H,6-9,14H2,1H3,(H,15,17). The number of hydrogen-bond acceptors (Lipinski definition) is 3. The van der Waals surface area contributed by atoms with Gasteiger partial charge in [0.25, 0.3) is 0 Å². The van der Waals surface area contributed by atoms with Crippen LogP contribution in [-0.2, 0) is 0 Å². The first-order valence-electron chi connectivity index (χ1n) is 6.11. The number of methoxy groups -OCH3 is 1. The van der Waals surface area contributed by atoms with Crippen molar-refractivity contribution in [3.8, 4) is 5.75 Å². The minimum Gasteiger partial charge on any atom is -0.497 e. The molecule has 0 spiro atoms. The van der Waals surface area contributed by atoms with Crippen LogP contribution < -0.4 is 15.8 Å². The Morgan fingerprint density at radius 1 is 1.44 bits per heavy atom. The lowest BCUT2D eigenvalue weighted by molar-refractivity contribution is 0.181. The second-order valence-electron chi connectivity index (χ2n) is 4.39. The fraction of sp³-hybridized carbons (Fsp3) is 0.462. The van der Waals surface area contributed by atoms with Gasteiger partial charge in [0.1, 0.15) is 5.75 Å². The van der Waals surface area contributed by atoms with Crippen molar-refractivity contribution in [1.29, 1.82) is 0 Å². The van der Waals surface area contributed by atoms with Gasteiger partial charge in [-0.2, -0.15) is 0 Å². The molecule has 5 heteroatoms. The van der Waals surface area contributed by atoms with Crippen LogP contribution in [0.4, 0.5) is 4.79 Å². The third-order valence-corrected chi connectivity index (χ3v) is 3.21. The van der Waals surface area contributed by atoms with Gasteiger partial charge in [-0.15, -0.1) is 0 Å². The highest BCUT2D eigenvalue weighted by Crippen LogP contribution is 2.22. The van der Waals surface area contributed by atoms with Gasteiger partial charge in [-0.05, 0) is 17.7 Å². The lowest BCUT2D eigenvalue weighted by atomic mass is 9.97. The number of ether oxygens (including phenoxy) is 1. The van der Waals surface area contributed by atoms with E-state index in [2.05, 4.69) is 5.32 Å². The summed E-state index contributed by atoms with van der Waals surface area (Å²) in [6.07, 6.45) is 0. The number of hydrogen-bond donors (Lipinski definition) is 2. The molecular weight excluding hydrogens is 230 g/mol. The zero-order valence-electron chi connectivity index (χ0n) is 10.6. The predicted octanol–water partition coefficient (Wildman–Crippen LogP) is 0.763. The Labute approximate surface area is 107 Å². The fourth-order valence-electron chi connectivity index (χ4n) is 2.18. The largest absolute Gasteiger partial charge is 0.497 e. The van der Waals surface area contributed by atoms with Crippen molar-refractivity contribution >= 4 is 6.03 Å². The molecule has 0 saturated carbocycles. The van der Waals surface area contributed by atoms with Crippen LogP contribution >= 0.6 is 0 Å². The second-order valence-corrected chi connectivity index (χ2v) is 4.39. The zero-order chi connectivity index (χ0) is 13.0. The number of benzene rings is 1. The highest BCUT2D eigenvalue weighted by Gasteiger charge is 2.25. The van der Waals surface area contributed by atoms with Gasteiger partial charge in [-0.3, -0.25) is 0 Å². The van der Waals surface area contributed by atoms with E-state index in [4.69, 9.17) is 10.5 Å². The van der Waals surface area contributed by atoms with E-state index in [1.807, 2.05) is 24.3 Å². The van der Waals surface area contributed by atoms with Crippen LogP contribution in [0.1, 0.15) is 11.5 Å². The first-order valence-corrected chi connectivity index (χ1v) is 6.11. The Kier molecular flexibility index (Phi) is 4.04. The third-order valence-electron chi connectivity index (χ3n) is 3.21. The van der Waals surface area contributed by atoms with Crippen molar-refractivity contribution in [2.45, 2.75) is 5.92 Å². The molecule has 1 atom stereocenters. The lowest BCUT2D eigenvalue weighted by Gasteiger charge is -2.33. The van der Waals surface area contributed by atoms with Crippen LogP contribution in [0, 0.1) is 0 Å². The number of amides is 2. The maximum absolute atomic E-state index is 11.6. The van der Waals surface area contributed by atoms with E-state index in [1.54, 1.807) is 12.0 Å². The number of carbonyl (C=O) groups excluding carboxylic acids is 1. The van der Waals surface area contributed by atoms with Gasteiger partial charge in [-0.1, -0.05) is 12.1 Å². The van der Waals surface area contributed by atoms with Crippen molar-refractivity contribution in [1.82, 2.24) is 10.2 Å². The van der Waals surface area contributed by atoms with Gasteiger partial charge >= 0.3 is 6.03 Å². The van der Waals surface area contributed by atoms with Gasteiger partial charge in [0.05, 0.1) is 7.11 Å². The Hall–Kier alpha value is -1.75. The first-order chi connectivity index (χ1) is 8.74. The molecule has 1 saturated heterocycles. The molecule has 98 valence electrons. The molecule has 0 aliphatic carbocycles. The van der Waals surface area contributed by atoms with Gasteiger partial charge in [0, 0.05) is 32.1 Å². The Balaban J connectivity index is 2.06. The molecule has 0 aromatic heterocycles. The van der Waals surface area contributed by atoms with E-state index in [0.29, 0.717) is 25.6 Å². The topological polar surface area (TPSA) is 67.6 Å². The van der Waals surface area contributed by atoms with Crippen LogP contribution in [0.25, 0.3) is 0 Å². The average Bonchev–Trinajstić information content (AvgIpc) is 2.42. The summed E-state index contributed by atoms with van der Waals surface area (Å²) in [6, 6.07) is 7.95. The van der Waals surface area contributed by atoms with Crippen LogP contribution in [0.2, 0.25) is 0 Å². The van der Waals surface area contributed by atoms with Crippen molar-refractivity contribution in [2.24, 2.45) is 5.73 Å². The van der Waals surface area contributed by atoms with E-state index in [1.165, 1.54) is 5.56 Å². The van der Waals surface area contributed by atoms with Crippen molar-refractivity contribution in [3.63, 3.8) is 0 Å². The quantitative estimate of drug-likeness (QED) is 0.828. The number of nitrogens with zero attached hydrogens (tertiary/aromatic N) is 1. The van der Waals surface area contributed by atoms with Gasteiger partial charge in [0.15, 0.2) is 0 Å². The van der Waals surface area contributed by atoms with E-state index >= 15 is 0 Å². The molecule has 3 N–H and O–H groups in total. The molecule has 5 nitrogen and oxygen atoms in total. The molecule has 1 heterocycles. The summed E-state index contributed by atoms with van der Waals surface area (Å²) in [5.41, 5.74) is 6.71. The third kappa shape index (κ3) is 2.73. The molecule has 1 unspecified atom stereocenters. The van der Waals surface area contributed by atoms with Gasteiger partial charge in [0.2, 0.25) is 0 Å². The summed E-state index contributed by atoms with van der Waals surface area (Å²) in [6.45, 7) is 2.48. The maximum atomic E-state index is 11.6. The molecule has 18 heavy (non-hydrogen) atoms. The van der Waals surface area contributed by atoms with Crippen molar-refractivity contribution < 1.29 is 9.53 Å². The highest BCUT2D eigenvalue weighted by atomic mass is 16.5. The minimum atomic E-state index is -0.0230. The molecule has 2 amide bonds. The Morgan fingerprint density at radius 2 is 2.17 bits per heavy atom. The highest BCUT2D eigenvalue weighted by molar-refractivity contribution is 5.75. The van der Waals surface area contributed by atoms with E-state index in [-0.39, 0.29) is 6.03 Å². The lowest BCUT2D eigenvalue weighted by Crippen LogP contribution is -2.51. The molecule has 0 bridgehead atoms. The SMILES string of the molecule is COc1ccc(C2CNC(=O)N(CCN)C2)cc1. The Morgan fingerprint density at radius 3 is 2.78 bits per heavy atom. The zero-order valence-corrected chi connectivity index (χ0v) is 10.6. The molecule has 1 aliphatic rings. The summed E-state index contributed by atoms with van der Waals surface area (Å²) >= 11 is 0. The normalized spacial score (nSPS) is 19.6. The fourth-order valence-corrected chi connectivity index (χ4v) is 2.18. The van der Waals surface area contributed by atoms with Crippen molar-refractivity contribution in [3.05, 3.63) is 29.8 Å². The van der Waals surface area contributed by atoms with Crippen LogP contribution in [-0.4, -0.2) is 44.2 Å². The number of urea groups is 1. The van der Waals surface area contributed by atoms with E-state index in [9.17, 15) is 4.79 Å². The number of nitrogens with one attached hydrogen (secondary N) is 1. The monoisotopic (exact) mass is 249 g/mol.